The number of hydrogen-bond acceptors (Lipinski definition) is 4. The first-order valence-corrected chi connectivity index (χ1v) is 7.72. The quantitative estimate of drug-likeness (QED) is 0.891. The first-order valence-electron chi connectivity index (χ1n) is 6.90. The minimum atomic E-state index is -0.777. The van der Waals surface area contributed by atoms with Crippen LogP contribution in [0.25, 0.3) is 0 Å². The molecular weight excluding hydrogens is 260 g/mol. The predicted octanol–water partition coefficient (Wildman–Crippen LogP) is 2.46. The number of aromatic nitrogens is 1. The Morgan fingerprint density at radius 2 is 2.05 bits per heavy atom. The monoisotopic (exact) mass is 282 g/mol. The van der Waals surface area contributed by atoms with Gasteiger partial charge in [0.05, 0.1) is 29.3 Å². The Bertz CT molecular complexity index is 450. The van der Waals surface area contributed by atoms with Crippen molar-refractivity contribution in [3.63, 3.8) is 0 Å². The summed E-state index contributed by atoms with van der Waals surface area (Å²) in [7, 11) is 0. The van der Waals surface area contributed by atoms with Crippen LogP contribution in [-0.2, 0) is 11.3 Å². The summed E-state index contributed by atoms with van der Waals surface area (Å²) >= 11 is 1.61. The van der Waals surface area contributed by atoms with Crippen LogP contribution in [0.2, 0.25) is 0 Å². The minimum Gasteiger partial charge on any atom is -0.389 e. The third-order valence-electron chi connectivity index (χ3n) is 3.72. The van der Waals surface area contributed by atoms with E-state index >= 15 is 0 Å². The summed E-state index contributed by atoms with van der Waals surface area (Å²) in [6.07, 6.45) is 4.94. The number of nitrogens with zero attached hydrogens (tertiary/aromatic N) is 1. The van der Waals surface area contributed by atoms with E-state index in [-0.39, 0.29) is 12.3 Å². The molecule has 2 rings (SSSR count). The second-order valence-corrected chi connectivity index (χ2v) is 6.77. The highest BCUT2D eigenvalue weighted by Gasteiger charge is 2.31. The minimum absolute atomic E-state index is 0.0603. The van der Waals surface area contributed by atoms with Gasteiger partial charge >= 0.3 is 0 Å². The normalized spacial score (nSPS) is 18.3. The van der Waals surface area contributed by atoms with Gasteiger partial charge in [-0.05, 0) is 26.7 Å². The van der Waals surface area contributed by atoms with Gasteiger partial charge in [0, 0.05) is 4.88 Å². The summed E-state index contributed by atoms with van der Waals surface area (Å²) in [6.45, 7) is 4.44. The van der Waals surface area contributed by atoms with Crippen molar-refractivity contribution in [2.45, 2.75) is 64.5 Å². The van der Waals surface area contributed by atoms with Gasteiger partial charge in [-0.15, -0.1) is 11.3 Å². The maximum Gasteiger partial charge on any atom is 0.223 e. The topological polar surface area (TPSA) is 62.2 Å². The summed E-state index contributed by atoms with van der Waals surface area (Å²) in [5.41, 5.74) is 0.209. The molecule has 0 unspecified atom stereocenters. The molecule has 0 spiro atoms. The fourth-order valence-electron chi connectivity index (χ4n) is 2.66. The molecule has 1 aliphatic rings. The average molecular weight is 282 g/mol. The Hall–Kier alpha value is -0.940. The van der Waals surface area contributed by atoms with Gasteiger partial charge in [0.1, 0.15) is 0 Å². The highest BCUT2D eigenvalue weighted by Crippen LogP contribution is 2.30. The van der Waals surface area contributed by atoms with Crippen molar-refractivity contribution in [2.24, 2.45) is 0 Å². The fourth-order valence-corrected chi connectivity index (χ4v) is 3.54. The number of aliphatic hydroxyl groups is 1. The van der Waals surface area contributed by atoms with E-state index in [0.29, 0.717) is 6.54 Å². The lowest BCUT2D eigenvalue weighted by Gasteiger charge is -2.31. The summed E-state index contributed by atoms with van der Waals surface area (Å²) < 4.78 is 0. The van der Waals surface area contributed by atoms with E-state index in [1.807, 2.05) is 13.8 Å². The second kappa shape index (κ2) is 6.01. The molecule has 1 heterocycles. The van der Waals surface area contributed by atoms with Crippen LogP contribution in [-0.4, -0.2) is 21.6 Å². The zero-order valence-corrected chi connectivity index (χ0v) is 12.5. The number of carbonyl (C=O) groups is 1. The molecule has 5 heteroatoms. The number of hydrogen-bond donors (Lipinski definition) is 2. The van der Waals surface area contributed by atoms with Crippen molar-refractivity contribution in [3.05, 3.63) is 15.6 Å². The van der Waals surface area contributed by atoms with Crippen LogP contribution in [0.15, 0.2) is 0 Å². The lowest BCUT2D eigenvalue weighted by molar-refractivity contribution is -0.127. The molecule has 0 saturated heterocycles. The van der Waals surface area contributed by atoms with E-state index in [2.05, 4.69) is 10.3 Å². The van der Waals surface area contributed by atoms with E-state index in [4.69, 9.17) is 0 Å². The first-order chi connectivity index (χ1) is 8.98. The van der Waals surface area contributed by atoms with Crippen LogP contribution in [0.1, 0.15) is 54.1 Å². The molecule has 1 aliphatic carbocycles. The number of nitrogens with one attached hydrogen (secondary N) is 1. The molecule has 2 N–H and O–H groups in total. The van der Waals surface area contributed by atoms with Crippen LogP contribution in [0, 0.1) is 13.8 Å². The molecule has 1 saturated carbocycles. The summed E-state index contributed by atoms with van der Waals surface area (Å²) in [5, 5.41) is 14.2. The van der Waals surface area contributed by atoms with Gasteiger partial charge in [0.25, 0.3) is 0 Å². The Morgan fingerprint density at radius 3 is 2.63 bits per heavy atom. The van der Waals surface area contributed by atoms with Crippen molar-refractivity contribution in [1.82, 2.24) is 10.3 Å². The predicted molar refractivity (Wildman–Crippen MR) is 76.1 cm³/mol. The van der Waals surface area contributed by atoms with Crippen molar-refractivity contribution in [2.75, 3.05) is 0 Å². The molecule has 0 bridgehead atoms. The molecule has 1 fully saturated rings. The molecular formula is C14H22N2O2S. The van der Waals surface area contributed by atoms with Gasteiger partial charge in [-0.25, -0.2) is 4.98 Å². The van der Waals surface area contributed by atoms with E-state index in [0.717, 1.165) is 41.3 Å². The van der Waals surface area contributed by atoms with Crippen molar-refractivity contribution < 1.29 is 9.90 Å². The van der Waals surface area contributed by atoms with Crippen LogP contribution in [0.3, 0.4) is 0 Å². The lowest BCUT2D eigenvalue weighted by atomic mass is 9.82. The summed E-state index contributed by atoms with van der Waals surface area (Å²) in [4.78, 5) is 17.4. The third-order valence-corrected chi connectivity index (χ3v) is 4.79. The van der Waals surface area contributed by atoms with E-state index in [9.17, 15) is 9.90 Å². The maximum absolute atomic E-state index is 11.9. The zero-order chi connectivity index (χ0) is 13.9. The molecule has 1 aromatic rings. The van der Waals surface area contributed by atoms with Crippen LogP contribution in [0.5, 0.6) is 0 Å². The molecule has 4 nitrogen and oxygen atoms in total. The Balaban J connectivity index is 1.83. The van der Waals surface area contributed by atoms with Crippen LogP contribution in [0.4, 0.5) is 0 Å². The molecule has 19 heavy (non-hydrogen) atoms. The number of aryl methyl sites for hydroxylation is 2. The average Bonchev–Trinajstić information content (AvgIpc) is 2.65. The number of thiazole rings is 1. The Kier molecular flexibility index (Phi) is 4.58. The Morgan fingerprint density at radius 1 is 1.37 bits per heavy atom. The molecule has 0 aliphatic heterocycles. The second-order valence-electron chi connectivity index (χ2n) is 5.48. The molecule has 0 aromatic carbocycles. The van der Waals surface area contributed by atoms with E-state index in [1.165, 1.54) is 6.42 Å². The van der Waals surface area contributed by atoms with Gasteiger partial charge < -0.3 is 10.4 Å². The van der Waals surface area contributed by atoms with Gasteiger partial charge in [-0.1, -0.05) is 19.3 Å². The maximum atomic E-state index is 11.9. The van der Waals surface area contributed by atoms with Gasteiger partial charge in [-0.2, -0.15) is 0 Å². The van der Waals surface area contributed by atoms with Crippen molar-refractivity contribution in [1.29, 1.82) is 0 Å². The van der Waals surface area contributed by atoms with Crippen LogP contribution < -0.4 is 5.32 Å². The Labute approximate surface area is 118 Å². The fraction of sp³-hybridized carbons (Fsp3) is 0.714. The number of carbonyl (C=O) groups excluding carboxylic acids is 1. The largest absolute Gasteiger partial charge is 0.389 e. The smallest absolute Gasteiger partial charge is 0.223 e. The highest BCUT2D eigenvalue weighted by atomic mass is 32.1. The highest BCUT2D eigenvalue weighted by molar-refractivity contribution is 7.11. The molecule has 0 radical (unpaired) electrons. The lowest BCUT2D eigenvalue weighted by Crippen LogP contribution is -2.38. The standard InChI is InChI=1S/C14H22N2O2S/c1-10-12(19-11(2)16-10)9-15-13(17)8-14(18)6-4-3-5-7-14/h18H,3-9H2,1-2H3,(H,15,17). The zero-order valence-electron chi connectivity index (χ0n) is 11.7. The van der Waals surface area contributed by atoms with Crippen LogP contribution >= 0.6 is 11.3 Å². The molecule has 106 valence electrons. The van der Waals surface area contributed by atoms with E-state index in [1.54, 1.807) is 11.3 Å². The molecule has 1 aromatic heterocycles. The van der Waals surface area contributed by atoms with E-state index < -0.39 is 5.60 Å². The number of rotatable bonds is 4. The van der Waals surface area contributed by atoms with Gasteiger partial charge in [0.2, 0.25) is 5.91 Å². The first kappa shape index (κ1) is 14.5. The summed E-state index contributed by atoms with van der Waals surface area (Å²) in [5.74, 6) is -0.0603. The third kappa shape index (κ3) is 4.01. The summed E-state index contributed by atoms with van der Waals surface area (Å²) in [6, 6.07) is 0. The van der Waals surface area contributed by atoms with Gasteiger partial charge in [-0.3, -0.25) is 4.79 Å². The van der Waals surface area contributed by atoms with Gasteiger partial charge in [0.15, 0.2) is 0 Å². The molecule has 0 atom stereocenters. The SMILES string of the molecule is Cc1nc(C)c(CNC(=O)CC2(O)CCCCC2)s1. The van der Waals surface area contributed by atoms with Crippen molar-refractivity contribution in [3.8, 4) is 0 Å². The molecule has 1 amide bonds. The van der Waals surface area contributed by atoms with Crippen molar-refractivity contribution >= 4 is 17.2 Å². The number of amides is 1.